The number of fused-ring (bicyclic) bond motifs is 4. The molecular formula is C51H50N10O13. The first-order valence-corrected chi connectivity index (χ1v) is 22.9. The highest BCUT2D eigenvalue weighted by molar-refractivity contribution is 6.02. The molecule has 4 aromatic carbocycles. The van der Waals surface area contributed by atoms with E-state index < -0.39 is 38.8 Å². The monoisotopic (exact) mass is 1010 g/mol. The van der Waals surface area contributed by atoms with E-state index in [1.807, 2.05) is 0 Å². The van der Waals surface area contributed by atoms with Crippen LogP contribution in [-0.2, 0) is 38.8 Å². The Labute approximate surface area is 417 Å². The van der Waals surface area contributed by atoms with Crippen LogP contribution in [0.25, 0.3) is 43.1 Å². The van der Waals surface area contributed by atoms with Gasteiger partial charge in [-0.25, -0.2) is 4.79 Å². The number of nitro groups is 2. The first kappa shape index (κ1) is 53.5. The summed E-state index contributed by atoms with van der Waals surface area (Å²) in [5.74, 6) is -1.34. The number of anilines is 2. The molecule has 4 heterocycles. The molecule has 382 valence electrons. The molecule has 1 fully saturated rings. The summed E-state index contributed by atoms with van der Waals surface area (Å²) in [5, 5.41) is 27.6. The maximum atomic E-state index is 12.5. The molecule has 0 radical (unpaired) electrons. The summed E-state index contributed by atoms with van der Waals surface area (Å²) in [4.78, 5) is 113. The molecule has 4 aromatic heterocycles. The second-order valence-electron chi connectivity index (χ2n) is 17.0. The number of aromatic nitrogens is 3. The summed E-state index contributed by atoms with van der Waals surface area (Å²) in [6.07, 6.45) is 13.2. The standard InChI is InChI=1S/C20H25N3O3.C11H9N3O4.C11H11N3O2.C9H5NO4/c21-18(24)13-23-11-10-15-16(20(23)26)8-5-9-17(15)22-19(25)12-14-6-3-1-2-4-7-14;12-10(15)6-13-5-4-7-8(11(13)16)2-1-3-9(7)14(17)18;12-9-3-1-2-8-7(9)4-5-14(11(8)16)6-10(13)15;11-9-7-2-1-3-8(10(12)13)6(7)4-5-14-9/h5,8-11,14H,1-4,6-7,12-13H2,(H2,21,24)(H,22,25);1-5H,6H2,(H2,12,15);1-5H,6,12H2,(H2,13,15);1-5H. The van der Waals surface area contributed by atoms with Crippen LogP contribution < -0.4 is 50.6 Å². The zero-order valence-electron chi connectivity index (χ0n) is 39.5. The highest BCUT2D eigenvalue weighted by atomic mass is 16.6. The number of rotatable bonds is 11. The fourth-order valence-electron chi connectivity index (χ4n) is 8.43. The summed E-state index contributed by atoms with van der Waals surface area (Å²) in [5.41, 5.74) is 20.3. The Morgan fingerprint density at radius 2 is 0.959 bits per heavy atom. The Morgan fingerprint density at radius 3 is 1.46 bits per heavy atom. The van der Waals surface area contributed by atoms with Gasteiger partial charge < -0.3 is 46.4 Å². The number of pyridine rings is 3. The van der Waals surface area contributed by atoms with Crippen LogP contribution in [0, 0.1) is 26.1 Å². The van der Waals surface area contributed by atoms with E-state index in [4.69, 9.17) is 22.9 Å². The molecule has 0 unspecified atom stereocenters. The predicted molar refractivity (Wildman–Crippen MR) is 277 cm³/mol. The van der Waals surface area contributed by atoms with E-state index in [-0.39, 0.29) is 64.2 Å². The molecule has 9 N–H and O–H groups in total. The van der Waals surface area contributed by atoms with Gasteiger partial charge in [-0.05, 0) is 79.4 Å². The SMILES string of the molecule is NC(=O)Cn1ccc2c(N)cccc2c1=O.NC(=O)Cn1ccc2c(NC(=O)CC3CCCCCC3)cccc2c1=O.NC(=O)Cn1ccc2c([N+](=O)[O-])cccc2c1=O.O=c1occc2c([N+](=O)[O-])cccc12. The van der Waals surface area contributed by atoms with E-state index in [9.17, 15) is 58.6 Å². The second kappa shape index (κ2) is 24.4. The molecule has 0 spiro atoms. The Kier molecular flexibility index (Phi) is 17.6. The van der Waals surface area contributed by atoms with E-state index in [0.717, 1.165) is 23.7 Å². The number of nitrogen functional groups attached to an aromatic ring is 1. The quantitative estimate of drug-likeness (QED) is 0.0495. The Balaban J connectivity index is 0.000000165. The van der Waals surface area contributed by atoms with E-state index in [1.165, 1.54) is 102 Å². The number of primary amides is 3. The van der Waals surface area contributed by atoms with E-state index in [1.54, 1.807) is 48.5 Å². The average molecular weight is 1010 g/mol. The molecular weight excluding hydrogens is 961 g/mol. The van der Waals surface area contributed by atoms with Crippen molar-refractivity contribution in [2.24, 2.45) is 23.1 Å². The van der Waals surface area contributed by atoms with E-state index >= 15 is 0 Å². The Morgan fingerprint density at radius 1 is 0.541 bits per heavy atom. The lowest BCUT2D eigenvalue weighted by Gasteiger charge is -2.15. The summed E-state index contributed by atoms with van der Waals surface area (Å²) in [6.45, 7) is -0.534. The average Bonchev–Trinajstić information content (AvgIpc) is 3.63. The number of hydrogen-bond donors (Lipinski definition) is 5. The highest BCUT2D eigenvalue weighted by Gasteiger charge is 2.18. The van der Waals surface area contributed by atoms with Gasteiger partial charge in [0.1, 0.15) is 19.6 Å². The van der Waals surface area contributed by atoms with Crippen LogP contribution >= 0.6 is 0 Å². The number of benzene rings is 4. The van der Waals surface area contributed by atoms with Crippen LogP contribution in [0.4, 0.5) is 22.7 Å². The molecule has 1 aliphatic carbocycles. The Bertz CT molecular complexity index is 3710. The molecule has 74 heavy (non-hydrogen) atoms. The zero-order valence-corrected chi connectivity index (χ0v) is 39.5. The van der Waals surface area contributed by atoms with Gasteiger partial charge in [0, 0.05) is 70.1 Å². The summed E-state index contributed by atoms with van der Waals surface area (Å²) in [6, 6.07) is 25.1. The predicted octanol–water partition coefficient (Wildman–Crippen LogP) is 4.95. The summed E-state index contributed by atoms with van der Waals surface area (Å²) in [7, 11) is 0. The zero-order chi connectivity index (χ0) is 53.6. The largest absolute Gasteiger partial charge is 0.431 e. The number of nitrogens with zero attached hydrogens (tertiary/aromatic N) is 5. The lowest BCUT2D eigenvalue weighted by Crippen LogP contribution is -2.27. The molecule has 23 nitrogen and oxygen atoms in total. The fraction of sp³-hybridized carbons (Fsp3) is 0.216. The van der Waals surface area contributed by atoms with Crippen molar-refractivity contribution < 1.29 is 33.4 Å². The van der Waals surface area contributed by atoms with Crippen LogP contribution in [-0.4, -0.2) is 47.2 Å². The first-order chi connectivity index (χ1) is 35.3. The maximum Gasteiger partial charge on any atom is 0.343 e. The maximum absolute atomic E-state index is 12.5. The lowest BCUT2D eigenvalue weighted by molar-refractivity contribution is -0.383. The van der Waals surface area contributed by atoms with E-state index in [0.29, 0.717) is 50.6 Å². The van der Waals surface area contributed by atoms with Gasteiger partial charge in [-0.15, -0.1) is 0 Å². The number of hydrogen-bond acceptors (Lipinski definition) is 14. The van der Waals surface area contributed by atoms with Crippen LogP contribution in [0.3, 0.4) is 0 Å². The fourth-order valence-corrected chi connectivity index (χ4v) is 8.43. The molecule has 0 aliphatic heterocycles. The molecule has 0 saturated heterocycles. The number of non-ortho nitro benzene ring substituents is 2. The molecule has 1 saturated carbocycles. The number of nitrogens with two attached hydrogens (primary N) is 4. The molecule has 1 aliphatic rings. The number of carbonyl (C=O) groups is 4. The van der Waals surface area contributed by atoms with Crippen molar-refractivity contribution in [3.05, 3.63) is 184 Å². The van der Waals surface area contributed by atoms with Gasteiger partial charge in [0.25, 0.3) is 28.1 Å². The lowest BCUT2D eigenvalue weighted by atomic mass is 9.96. The second-order valence-corrected chi connectivity index (χ2v) is 17.0. The molecule has 0 atom stereocenters. The molecule has 4 amide bonds. The molecule has 8 aromatic rings. The van der Waals surface area contributed by atoms with Gasteiger partial charge >= 0.3 is 5.63 Å². The highest BCUT2D eigenvalue weighted by Crippen LogP contribution is 2.28. The summed E-state index contributed by atoms with van der Waals surface area (Å²) < 4.78 is 8.26. The van der Waals surface area contributed by atoms with Gasteiger partial charge in [0.05, 0.1) is 37.7 Å². The minimum Gasteiger partial charge on any atom is -0.431 e. The minimum absolute atomic E-state index is 0.00860. The van der Waals surface area contributed by atoms with Crippen LogP contribution in [0.15, 0.2) is 146 Å². The summed E-state index contributed by atoms with van der Waals surface area (Å²) >= 11 is 0. The van der Waals surface area contributed by atoms with Crippen molar-refractivity contribution in [1.29, 1.82) is 0 Å². The van der Waals surface area contributed by atoms with Crippen LogP contribution in [0.1, 0.15) is 44.9 Å². The first-order valence-electron chi connectivity index (χ1n) is 22.9. The van der Waals surface area contributed by atoms with Crippen LogP contribution in [0.5, 0.6) is 0 Å². The molecule has 23 heteroatoms. The van der Waals surface area contributed by atoms with Crippen molar-refractivity contribution in [3.8, 4) is 0 Å². The molecule has 9 rings (SSSR count). The number of nitro benzene ring substituents is 2. The van der Waals surface area contributed by atoms with Crippen molar-refractivity contribution in [3.63, 3.8) is 0 Å². The van der Waals surface area contributed by atoms with Crippen molar-refractivity contribution in [1.82, 2.24) is 13.7 Å². The molecule has 0 bridgehead atoms. The van der Waals surface area contributed by atoms with E-state index in [2.05, 4.69) is 9.73 Å². The van der Waals surface area contributed by atoms with Crippen molar-refractivity contribution >= 4 is 89.5 Å². The van der Waals surface area contributed by atoms with Crippen LogP contribution in [0.2, 0.25) is 0 Å². The van der Waals surface area contributed by atoms with Gasteiger partial charge in [0.2, 0.25) is 23.6 Å². The third-order valence-electron chi connectivity index (χ3n) is 11.9. The third-order valence-corrected chi connectivity index (χ3v) is 11.9. The van der Waals surface area contributed by atoms with Crippen molar-refractivity contribution in [2.75, 3.05) is 11.1 Å². The van der Waals surface area contributed by atoms with Gasteiger partial charge in [-0.1, -0.05) is 49.9 Å². The topological polar surface area (TPSA) is 367 Å². The normalized spacial score (nSPS) is 12.2. The van der Waals surface area contributed by atoms with Crippen molar-refractivity contribution in [2.45, 2.75) is 64.6 Å². The number of carbonyl (C=O) groups excluding carboxylic acids is 4. The minimum atomic E-state index is -0.651. The number of amides is 4. The third kappa shape index (κ3) is 13.3. The Hall–Kier alpha value is -9.80. The smallest absolute Gasteiger partial charge is 0.343 e. The van der Waals surface area contributed by atoms with Gasteiger partial charge in [-0.2, -0.15) is 0 Å². The van der Waals surface area contributed by atoms with Gasteiger partial charge in [0.15, 0.2) is 0 Å². The van der Waals surface area contributed by atoms with Gasteiger partial charge in [-0.3, -0.25) is 53.8 Å². The number of nitrogens with one attached hydrogen (secondary N) is 1.